The second-order valence-corrected chi connectivity index (χ2v) is 23.9. The molecule has 0 unspecified atom stereocenters. The molecule has 9 aromatic rings. The number of Topliss-reactive ketones (excluding diaryl/α,β-unsaturated/α-hetero) is 2. The number of nitrogens with two attached hydrogens (primary N) is 1. The van der Waals surface area contributed by atoms with E-state index < -0.39 is 22.5 Å². The molecule has 3 saturated carbocycles. The maximum absolute atomic E-state index is 13.4. The number of alkyl halides is 2. The Morgan fingerprint density at radius 1 is 0.571 bits per heavy atom. The van der Waals surface area contributed by atoms with E-state index in [1.165, 1.54) is 31.2 Å². The SMILES string of the molecule is CC(=O)c1cc(O)cc(-c2nc(CC(=O)C3(c4ccc5c(c4)OC(F)(F)O5)CC3)ccc2C)c1.COc1ccc(C2(C(=O)Nc3ccc(C)c(-c4cccc(CN)c4)n3)CC2)cc1.COc1ccc(C2(C(=O)Nc3ccc(C)c(-c4cccc(Cl)c4)n3)CC2)cc1.[HH].[HH].[HH].[HH].[HH]. The number of halogens is 3. The highest BCUT2D eigenvalue weighted by Gasteiger charge is 2.54. The van der Waals surface area contributed by atoms with Crippen molar-refractivity contribution in [3.8, 4) is 62.5 Å². The Hall–Kier alpha value is -9.84. The zero-order valence-electron chi connectivity index (χ0n) is 51.1. The number of aryl methyl sites for hydroxylation is 3. The molecule has 0 radical (unpaired) electrons. The Kier molecular flexibility index (Phi) is 17.6. The fourth-order valence-electron chi connectivity index (χ4n) is 11.4. The number of methoxy groups -OCH3 is 2. The van der Waals surface area contributed by atoms with Crippen molar-refractivity contribution in [1.29, 1.82) is 0 Å². The lowest BCUT2D eigenvalue weighted by Crippen LogP contribution is -2.28. The number of hydrogen-bond donors (Lipinski definition) is 4. The van der Waals surface area contributed by atoms with E-state index >= 15 is 0 Å². The van der Waals surface area contributed by atoms with Crippen LogP contribution in [-0.2, 0) is 43.6 Å². The topological polar surface area (TPSA) is 214 Å². The third kappa shape index (κ3) is 13.7. The van der Waals surface area contributed by atoms with Crippen LogP contribution in [0.1, 0.15) is 108 Å². The largest absolute Gasteiger partial charge is 0.586 e. The summed E-state index contributed by atoms with van der Waals surface area (Å²) in [6.07, 6.45) is 0.889. The Balaban J connectivity index is 0.000000223. The molecule has 5 N–H and O–H groups in total. The number of ether oxygens (including phenoxy) is 4. The standard InChI is InChI=1S/C26H21F2NO5.C24H25N3O2.C23H21ClN2O2.5H2/c1-14-3-5-19(29-24(14)17-9-16(15(2)30)10-20(31)11-17)13-23(32)25(7-8-25)18-4-6-21-22(12-18)34-26(27,28)33-21;1-16-6-11-21(26-22(16)18-5-3-4-17(14-18)15-25)27-23(28)24(12-13-24)19-7-9-20(29-2)10-8-19;1-15-6-11-20(25-21(15)16-4-3-5-18(24)14-16)26-22(27)23(12-13-23)17-7-9-19(28-2)10-8-17;;;;;/h3-6,9-12,31H,7-8,13H2,1-2H3;3-11,14H,12-13,15,25H2,1-2H3,(H,26,27,28);3-11,14H,12-13H2,1-2H3,(H,25,26,27);5*1H. The number of hydrogen-bond acceptors (Lipinski definition) is 13. The highest BCUT2D eigenvalue weighted by Crippen LogP contribution is 2.54. The molecule has 474 valence electrons. The van der Waals surface area contributed by atoms with Crippen molar-refractivity contribution >= 4 is 46.6 Å². The molecule has 91 heavy (non-hydrogen) atoms. The highest BCUT2D eigenvalue weighted by atomic mass is 35.5. The van der Waals surface area contributed by atoms with Crippen LogP contribution in [0.25, 0.3) is 33.8 Å². The first-order valence-corrected chi connectivity index (χ1v) is 30.2. The molecule has 0 bridgehead atoms. The summed E-state index contributed by atoms with van der Waals surface area (Å²) >= 11 is 6.12. The van der Waals surface area contributed by atoms with Crippen LogP contribution >= 0.6 is 11.6 Å². The molecule has 1 aliphatic heterocycles. The average molecular weight is 1260 g/mol. The van der Waals surface area contributed by atoms with Crippen molar-refractivity contribution in [2.24, 2.45) is 5.73 Å². The van der Waals surface area contributed by atoms with Gasteiger partial charge >= 0.3 is 6.29 Å². The van der Waals surface area contributed by atoms with Crippen molar-refractivity contribution in [3.05, 3.63) is 225 Å². The van der Waals surface area contributed by atoms with E-state index in [4.69, 9.17) is 31.8 Å². The van der Waals surface area contributed by atoms with Gasteiger partial charge in [0.1, 0.15) is 34.7 Å². The highest BCUT2D eigenvalue weighted by molar-refractivity contribution is 6.30. The Labute approximate surface area is 538 Å². The molecule has 15 nitrogen and oxygen atoms in total. The van der Waals surface area contributed by atoms with Gasteiger partial charge in [0.25, 0.3) is 0 Å². The number of anilines is 2. The minimum absolute atomic E-state index is 0. The van der Waals surface area contributed by atoms with Gasteiger partial charge in [-0.1, -0.05) is 90.5 Å². The van der Waals surface area contributed by atoms with E-state index in [0.29, 0.717) is 64.1 Å². The molecule has 2 amide bonds. The van der Waals surface area contributed by atoms with Crippen LogP contribution in [0.3, 0.4) is 0 Å². The van der Waals surface area contributed by atoms with Crippen molar-refractivity contribution < 1.29 is 59.1 Å². The van der Waals surface area contributed by atoms with Gasteiger partial charge in [-0.3, -0.25) is 24.2 Å². The van der Waals surface area contributed by atoms with Gasteiger partial charge in [-0.15, -0.1) is 8.78 Å². The minimum atomic E-state index is -3.71. The zero-order valence-corrected chi connectivity index (χ0v) is 51.8. The second kappa shape index (κ2) is 25.6. The van der Waals surface area contributed by atoms with Crippen molar-refractivity contribution in [2.75, 3.05) is 24.9 Å². The van der Waals surface area contributed by atoms with E-state index in [-0.39, 0.29) is 54.2 Å². The van der Waals surface area contributed by atoms with Gasteiger partial charge in [0.05, 0.1) is 47.5 Å². The molecule has 6 aromatic carbocycles. The van der Waals surface area contributed by atoms with E-state index in [1.54, 1.807) is 32.4 Å². The number of fused-ring (bicyclic) bond motifs is 1. The summed E-state index contributed by atoms with van der Waals surface area (Å²) in [5.74, 6) is 2.21. The third-order valence-electron chi connectivity index (χ3n) is 17.2. The predicted molar refractivity (Wildman–Crippen MR) is 356 cm³/mol. The number of carbonyl (C=O) groups excluding carboxylic acids is 4. The number of phenolic OH excluding ortho intramolecular Hbond substituents is 1. The summed E-state index contributed by atoms with van der Waals surface area (Å²) < 4.78 is 46.2. The molecule has 13 rings (SSSR count). The van der Waals surface area contributed by atoms with Crippen LogP contribution in [0.15, 0.2) is 170 Å². The lowest BCUT2D eigenvalue weighted by atomic mass is 9.88. The molecule has 4 aliphatic rings. The van der Waals surface area contributed by atoms with Gasteiger partial charge in [-0.2, -0.15) is 0 Å². The van der Waals surface area contributed by atoms with Crippen LogP contribution in [0.5, 0.6) is 28.7 Å². The normalized spacial score (nSPS) is 15.3. The molecule has 0 spiro atoms. The number of pyridine rings is 3. The first-order chi connectivity index (χ1) is 43.6. The van der Waals surface area contributed by atoms with Gasteiger partial charge in [-0.05, 0) is 196 Å². The number of ketones is 2. The van der Waals surface area contributed by atoms with Gasteiger partial charge in [-0.25, -0.2) is 9.97 Å². The lowest BCUT2D eigenvalue weighted by Gasteiger charge is -2.17. The summed E-state index contributed by atoms with van der Waals surface area (Å²) in [5, 5.41) is 16.7. The second-order valence-electron chi connectivity index (χ2n) is 23.5. The van der Waals surface area contributed by atoms with E-state index in [0.717, 1.165) is 93.1 Å². The lowest BCUT2D eigenvalue weighted by molar-refractivity contribution is -0.286. The number of rotatable bonds is 17. The van der Waals surface area contributed by atoms with Crippen LogP contribution in [0, 0.1) is 20.8 Å². The number of carbonyl (C=O) groups is 4. The summed E-state index contributed by atoms with van der Waals surface area (Å²) in [7, 11) is 3.27. The number of aromatic hydroxyl groups is 1. The molecule has 3 aromatic heterocycles. The number of amides is 2. The number of aromatic nitrogens is 3. The average Bonchev–Trinajstić information content (AvgIpc) is 1.59. The van der Waals surface area contributed by atoms with Gasteiger partial charge < -0.3 is 40.4 Å². The molecular weight excluding hydrogens is 1180 g/mol. The molecule has 18 heteroatoms. The Bertz CT molecular complexity index is 4310. The Morgan fingerprint density at radius 3 is 1.57 bits per heavy atom. The summed E-state index contributed by atoms with van der Waals surface area (Å²) in [6.45, 7) is 7.77. The monoisotopic (exact) mass is 1250 g/mol. The maximum Gasteiger partial charge on any atom is 0.586 e. The quantitative estimate of drug-likeness (QED) is 0.0625. The van der Waals surface area contributed by atoms with Gasteiger partial charge in [0.2, 0.25) is 11.8 Å². The first-order valence-electron chi connectivity index (χ1n) is 29.8. The number of nitrogens with one attached hydrogen (secondary N) is 2. The fourth-order valence-corrected chi connectivity index (χ4v) is 11.6. The molecule has 0 saturated heterocycles. The zero-order chi connectivity index (χ0) is 64.4. The number of phenols is 1. The predicted octanol–water partition coefficient (Wildman–Crippen LogP) is 15.9. The van der Waals surface area contributed by atoms with Crippen molar-refractivity contribution in [3.63, 3.8) is 0 Å². The van der Waals surface area contributed by atoms with Crippen molar-refractivity contribution in [2.45, 2.75) is 102 Å². The third-order valence-corrected chi connectivity index (χ3v) is 17.4. The van der Waals surface area contributed by atoms with Gasteiger partial charge in [0.15, 0.2) is 17.3 Å². The summed E-state index contributed by atoms with van der Waals surface area (Å²) in [4.78, 5) is 65.3. The molecule has 3 fully saturated rings. The van der Waals surface area contributed by atoms with E-state index in [9.17, 15) is 33.1 Å². The van der Waals surface area contributed by atoms with Crippen molar-refractivity contribution in [1.82, 2.24) is 15.0 Å². The summed E-state index contributed by atoms with van der Waals surface area (Å²) in [5.41, 5.74) is 16.3. The number of nitrogens with zero attached hydrogens (tertiary/aromatic N) is 3. The molecule has 3 aliphatic carbocycles. The molecule has 4 heterocycles. The Morgan fingerprint density at radius 2 is 1.07 bits per heavy atom. The minimum Gasteiger partial charge on any atom is -0.508 e. The molecular formula is C73H77ClF2N6O9. The van der Waals surface area contributed by atoms with Crippen LogP contribution in [0.2, 0.25) is 5.02 Å². The van der Waals surface area contributed by atoms with E-state index in [2.05, 4.69) is 30.1 Å². The fraction of sp³-hybridized carbons (Fsp3) is 0.247. The first kappa shape index (κ1) is 62.8. The van der Waals surface area contributed by atoms with Gasteiger partial charge in [0, 0.05) is 53.1 Å². The number of benzene rings is 6. The van der Waals surface area contributed by atoms with Crippen LogP contribution in [-0.4, -0.2) is 64.0 Å². The summed E-state index contributed by atoms with van der Waals surface area (Å²) in [6, 6.07) is 51.4. The van der Waals surface area contributed by atoms with Crippen LogP contribution in [0.4, 0.5) is 20.4 Å². The maximum atomic E-state index is 13.4. The smallest absolute Gasteiger partial charge is 0.508 e. The van der Waals surface area contributed by atoms with E-state index in [1.807, 2.05) is 148 Å². The van der Waals surface area contributed by atoms with Crippen LogP contribution < -0.4 is 35.3 Å². The molecule has 0 atom stereocenters.